The number of carbonyl (C=O) groups excluding carboxylic acids is 1. The van der Waals surface area contributed by atoms with Gasteiger partial charge in [0.25, 0.3) is 0 Å². The number of hydrogen-bond donors (Lipinski definition) is 0. The topological polar surface area (TPSA) is 20.3 Å². The maximum absolute atomic E-state index is 13.7. The Balaban J connectivity index is 2.33. The van der Waals surface area contributed by atoms with Crippen LogP contribution >= 0.6 is 0 Å². The molecule has 2 nitrogen and oxygen atoms in total. The van der Waals surface area contributed by atoms with E-state index in [1.165, 1.54) is 13.0 Å². The molecule has 92 valence electrons. The molecule has 17 heavy (non-hydrogen) atoms. The molecule has 1 aromatic carbocycles. The first-order valence-corrected chi connectivity index (χ1v) is 6.18. The first-order chi connectivity index (χ1) is 8.13. The summed E-state index contributed by atoms with van der Waals surface area (Å²) in [6.45, 7) is 5.45. The van der Waals surface area contributed by atoms with E-state index in [0.717, 1.165) is 31.6 Å². The average molecular weight is 235 g/mol. The Labute approximate surface area is 101 Å². The highest BCUT2D eigenvalue weighted by molar-refractivity contribution is 6.00. The van der Waals surface area contributed by atoms with Gasteiger partial charge >= 0.3 is 0 Å². The minimum absolute atomic E-state index is 0.196. The predicted octanol–water partition coefficient (Wildman–Crippen LogP) is 3.26. The van der Waals surface area contributed by atoms with Gasteiger partial charge in [-0.05, 0) is 31.4 Å². The molecule has 1 atom stereocenters. The fraction of sp³-hybridized carbons (Fsp3) is 0.500. The third-order valence-corrected chi connectivity index (χ3v) is 3.55. The zero-order chi connectivity index (χ0) is 12.4. The van der Waals surface area contributed by atoms with Gasteiger partial charge in [-0.3, -0.25) is 4.79 Å². The molecule has 0 N–H and O–H groups in total. The number of hydrogen-bond acceptors (Lipinski definition) is 2. The lowest BCUT2D eigenvalue weighted by Crippen LogP contribution is -2.22. The van der Waals surface area contributed by atoms with Crippen LogP contribution in [0.4, 0.5) is 10.1 Å². The van der Waals surface area contributed by atoms with E-state index in [9.17, 15) is 9.18 Å². The lowest BCUT2D eigenvalue weighted by atomic mass is 10.1. The monoisotopic (exact) mass is 235 g/mol. The molecule has 1 fully saturated rings. The summed E-state index contributed by atoms with van der Waals surface area (Å²) in [5.74, 6) is 0.0612. The zero-order valence-corrected chi connectivity index (χ0v) is 10.4. The second-order valence-electron chi connectivity index (χ2n) is 4.70. The molecule has 1 heterocycles. The van der Waals surface area contributed by atoms with Crippen LogP contribution < -0.4 is 4.90 Å². The zero-order valence-electron chi connectivity index (χ0n) is 10.4. The Hall–Kier alpha value is -1.38. The molecule has 3 heteroatoms. The van der Waals surface area contributed by atoms with E-state index in [1.54, 1.807) is 6.07 Å². The summed E-state index contributed by atoms with van der Waals surface area (Å²) >= 11 is 0. The molecule has 0 saturated carbocycles. The van der Waals surface area contributed by atoms with Gasteiger partial charge < -0.3 is 4.90 Å². The largest absolute Gasteiger partial charge is 0.371 e. The molecule has 0 aliphatic carbocycles. The van der Waals surface area contributed by atoms with Crippen LogP contribution in [-0.2, 0) is 0 Å². The van der Waals surface area contributed by atoms with E-state index in [0.29, 0.717) is 5.92 Å². The first kappa shape index (κ1) is 12.1. The molecule has 1 aliphatic rings. The van der Waals surface area contributed by atoms with Gasteiger partial charge in [0.15, 0.2) is 5.78 Å². The van der Waals surface area contributed by atoms with E-state index >= 15 is 0 Å². The number of halogens is 1. The molecule has 0 radical (unpaired) electrons. The first-order valence-electron chi connectivity index (χ1n) is 6.18. The second kappa shape index (κ2) is 4.86. The average Bonchev–Trinajstić information content (AvgIpc) is 2.76. The number of rotatable bonds is 3. The molecular formula is C14H18FNO. The van der Waals surface area contributed by atoms with E-state index in [2.05, 4.69) is 11.8 Å². The third-order valence-electron chi connectivity index (χ3n) is 3.55. The van der Waals surface area contributed by atoms with Gasteiger partial charge in [-0.2, -0.15) is 0 Å². The number of Topliss-reactive ketones (excluding diaryl/α,β-unsaturated/α-hetero) is 1. The molecule has 0 aromatic heterocycles. The second-order valence-corrected chi connectivity index (χ2v) is 4.70. The van der Waals surface area contributed by atoms with Crippen molar-refractivity contribution in [2.75, 3.05) is 18.0 Å². The van der Waals surface area contributed by atoms with Crippen LogP contribution in [0.5, 0.6) is 0 Å². The summed E-state index contributed by atoms with van der Waals surface area (Å²) in [6.07, 6.45) is 2.27. The van der Waals surface area contributed by atoms with Crippen molar-refractivity contribution in [2.24, 2.45) is 5.92 Å². The molecular weight excluding hydrogens is 217 g/mol. The number of anilines is 1. The predicted molar refractivity (Wildman–Crippen MR) is 67.0 cm³/mol. The Kier molecular flexibility index (Phi) is 3.46. The normalized spacial score (nSPS) is 19.7. The van der Waals surface area contributed by atoms with Crippen molar-refractivity contribution < 1.29 is 9.18 Å². The van der Waals surface area contributed by atoms with Crippen LogP contribution in [0.15, 0.2) is 18.2 Å². The van der Waals surface area contributed by atoms with Gasteiger partial charge in [-0.1, -0.05) is 19.4 Å². The van der Waals surface area contributed by atoms with E-state index in [4.69, 9.17) is 0 Å². The minimum atomic E-state index is -0.407. The van der Waals surface area contributed by atoms with Crippen LogP contribution in [0.2, 0.25) is 0 Å². The number of ketones is 1. The fourth-order valence-corrected chi connectivity index (χ4v) is 2.51. The van der Waals surface area contributed by atoms with Gasteiger partial charge in [0.05, 0.1) is 11.3 Å². The summed E-state index contributed by atoms with van der Waals surface area (Å²) in [5.41, 5.74) is 0.998. The van der Waals surface area contributed by atoms with Gasteiger partial charge in [0.1, 0.15) is 5.82 Å². The van der Waals surface area contributed by atoms with Crippen molar-refractivity contribution in [1.29, 1.82) is 0 Å². The quantitative estimate of drug-likeness (QED) is 0.749. The summed E-state index contributed by atoms with van der Waals surface area (Å²) < 4.78 is 13.7. The van der Waals surface area contributed by atoms with Gasteiger partial charge in [-0.25, -0.2) is 4.39 Å². The minimum Gasteiger partial charge on any atom is -0.371 e. The Morgan fingerprint density at radius 3 is 2.88 bits per heavy atom. The molecule has 1 aliphatic heterocycles. The maximum Gasteiger partial charge on any atom is 0.164 e. The molecule has 0 bridgehead atoms. The van der Waals surface area contributed by atoms with Crippen LogP contribution in [0.3, 0.4) is 0 Å². The Bertz CT molecular complexity index is 430. The van der Waals surface area contributed by atoms with Crippen LogP contribution in [0.25, 0.3) is 0 Å². The fourth-order valence-electron chi connectivity index (χ4n) is 2.51. The van der Waals surface area contributed by atoms with Crippen molar-refractivity contribution in [1.82, 2.24) is 0 Å². The van der Waals surface area contributed by atoms with Crippen molar-refractivity contribution >= 4 is 11.5 Å². The number of benzene rings is 1. The molecule has 1 aromatic rings. The number of carbonyl (C=O) groups is 1. The highest BCUT2D eigenvalue weighted by atomic mass is 19.1. The number of nitrogens with zero attached hydrogens (tertiary/aromatic N) is 1. The highest BCUT2D eigenvalue weighted by Gasteiger charge is 2.25. The molecule has 0 amide bonds. The summed E-state index contributed by atoms with van der Waals surface area (Å²) in [4.78, 5) is 13.7. The SMILES string of the molecule is CCC1CCN(c2cccc(F)c2C(C)=O)C1. The molecule has 2 rings (SSSR count). The summed E-state index contributed by atoms with van der Waals surface area (Å²) in [5, 5.41) is 0. The van der Waals surface area contributed by atoms with Crippen LogP contribution in [-0.4, -0.2) is 18.9 Å². The standard InChI is InChI=1S/C14H18FNO/c1-3-11-7-8-16(9-11)13-6-4-5-12(15)14(13)10(2)17/h4-6,11H,3,7-9H2,1-2H3. The Morgan fingerprint density at radius 1 is 1.53 bits per heavy atom. The third kappa shape index (κ3) is 2.33. The molecule has 0 spiro atoms. The lowest BCUT2D eigenvalue weighted by molar-refractivity contribution is 0.101. The van der Waals surface area contributed by atoms with Crippen LogP contribution in [0, 0.1) is 11.7 Å². The van der Waals surface area contributed by atoms with E-state index in [1.807, 2.05) is 6.07 Å². The maximum atomic E-state index is 13.7. The van der Waals surface area contributed by atoms with Gasteiger partial charge in [0.2, 0.25) is 0 Å². The lowest BCUT2D eigenvalue weighted by Gasteiger charge is -2.21. The van der Waals surface area contributed by atoms with E-state index in [-0.39, 0.29) is 11.3 Å². The van der Waals surface area contributed by atoms with Crippen LogP contribution in [0.1, 0.15) is 37.0 Å². The summed E-state index contributed by atoms with van der Waals surface area (Å²) in [6, 6.07) is 4.88. The smallest absolute Gasteiger partial charge is 0.164 e. The van der Waals surface area contributed by atoms with Crippen molar-refractivity contribution in [3.05, 3.63) is 29.6 Å². The van der Waals surface area contributed by atoms with Crippen molar-refractivity contribution in [3.8, 4) is 0 Å². The van der Waals surface area contributed by atoms with E-state index < -0.39 is 5.82 Å². The molecule has 1 unspecified atom stereocenters. The highest BCUT2D eigenvalue weighted by Crippen LogP contribution is 2.29. The van der Waals surface area contributed by atoms with Gasteiger partial charge in [-0.15, -0.1) is 0 Å². The summed E-state index contributed by atoms with van der Waals surface area (Å²) in [7, 11) is 0. The van der Waals surface area contributed by atoms with Crippen molar-refractivity contribution in [3.63, 3.8) is 0 Å². The molecule has 1 saturated heterocycles. The van der Waals surface area contributed by atoms with Crippen molar-refractivity contribution in [2.45, 2.75) is 26.7 Å². The van der Waals surface area contributed by atoms with Gasteiger partial charge in [0, 0.05) is 13.1 Å². The Morgan fingerprint density at radius 2 is 2.29 bits per heavy atom.